The molecule has 0 unspecified atom stereocenters. The van der Waals surface area contributed by atoms with Gasteiger partial charge in [0.05, 0.1) is 7.11 Å². The van der Waals surface area contributed by atoms with E-state index in [4.69, 9.17) is 22.1 Å². The predicted octanol–water partition coefficient (Wildman–Crippen LogP) is 4.31. The molecule has 7 heteroatoms. The van der Waals surface area contributed by atoms with Gasteiger partial charge >= 0.3 is 0 Å². The fraction of sp³-hybridized carbons (Fsp3) is 0.250. The second-order valence-corrected chi connectivity index (χ2v) is 7.75. The molecule has 0 fully saturated rings. The fourth-order valence-electron chi connectivity index (χ4n) is 2.88. The van der Waals surface area contributed by atoms with Crippen molar-refractivity contribution in [1.82, 2.24) is 10.2 Å². The number of nitrogen functional groups attached to an aromatic ring is 1. The molecule has 140 valence electrons. The van der Waals surface area contributed by atoms with Crippen LogP contribution in [-0.4, -0.2) is 23.1 Å². The molecule has 1 heterocycles. The van der Waals surface area contributed by atoms with Crippen LogP contribution in [-0.2, 0) is 17.6 Å². The topological polar surface area (TPSA) is 78.1 Å². The van der Waals surface area contributed by atoms with Crippen molar-refractivity contribution in [3.05, 3.63) is 69.7 Å². The van der Waals surface area contributed by atoms with E-state index < -0.39 is 0 Å². The zero-order valence-electron chi connectivity index (χ0n) is 14.9. The molecule has 0 radical (unpaired) electrons. The maximum Gasteiger partial charge on any atom is 0.203 e. The lowest BCUT2D eigenvalue weighted by Crippen LogP contribution is -2.12. The smallest absolute Gasteiger partial charge is 0.203 e. The first-order valence-corrected chi connectivity index (χ1v) is 9.71. The number of nitrogens with zero attached hydrogens (tertiary/aromatic N) is 2. The Hall–Kier alpha value is -2.44. The number of nitrogens with two attached hydrogens (primary N) is 1. The standard InChI is InChI=1S/C20H20ClN3O2S/c1-26-18-8-4-13(5-9-18)10-15(19-23-24-20(22)27-19)12-17(25)11-14-2-6-16(21)7-3-14/h2-9,15H,10-12H2,1H3,(H2,22,24)/t15-/m1/s1. The van der Waals surface area contributed by atoms with Crippen molar-refractivity contribution in [2.75, 3.05) is 12.8 Å². The summed E-state index contributed by atoms with van der Waals surface area (Å²) in [5.74, 6) is 0.881. The molecule has 1 atom stereocenters. The SMILES string of the molecule is COc1ccc(C[C@H](CC(=O)Cc2ccc(Cl)cc2)c2nnc(N)s2)cc1. The number of anilines is 1. The number of hydrogen-bond donors (Lipinski definition) is 1. The average molecular weight is 402 g/mol. The maximum atomic E-state index is 12.7. The van der Waals surface area contributed by atoms with Gasteiger partial charge in [0.1, 0.15) is 16.5 Å². The van der Waals surface area contributed by atoms with E-state index in [1.54, 1.807) is 19.2 Å². The van der Waals surface area contributed by atoms with Gasteiger partial charge in [-0.05, 0) is 41.8 Å². The second kappa shape index (κ2) is 8.97. The van der Waals surface area contributed by atoms with Gasteiger partial charge in [-0.2, -0.15) is 0 Å². The van der Waals surface area contributed by atoms with Crippen LogP contribution in [0.1, 0.15) is 28.5 Å². The molecule has 0 saturated heterocycles. The molecule has 27 heavy (non-hydrogen) atoms. The number of carbonyl (C=O) groups is 1. The minimum absolute atomic E-state index is 0.0620. The van der Waals surface area contributed by atoms with Gasteiger partial charge in [-0.15, -0.1) is 10.2 Å². The molecule has 0 bridgehead atoms. The number of halogens is 1. The van der Waals surface area contributed by atoms with Gasteiger partial charge in [0.15, 0.2) is 0 Å². The lowest BCUT2D eigenvalue weighted by atomic mass is 9.93. The first-order valence-electron chi connectivity index (χ1n) is 8.51. The molecule has 0 aliphatic carbocycles. The zero-order valence-corrected chi connectivity index (χ0v) is 16.5. The Labute approximate surface area is 167 Å². The molecule has 0 saturated carbocycles. The Morgan fingerprint density at radius 2 is 1.78 bits per heavy atom. The number of hydrogen-bond acceptors (Lipinski definition) is 6. The van der Waals surface area contributed by atoms with Crippen LogP contribution in [0.2, 0.25) is 5.02 Å². The Morgan fingerprint density at radius 1 is 1.11 bits per heavy atom. The quantitative estimate of drug-likeness (QED) is 0.608. The van der Waals surface area contributed by atoms with E-state index in [1.165, 1.54) is 11.3 Å². The van der Waals surface area contributed by atoms with Crippen LogP contribution < -0.4 is 10.5 Å². The average Bonchev–Trinajstić information content (AvgIpc) is 3.10. The zero-order chi connectivity index (χ0) is 19.2. The van der Waals surface area contributed by atoms with Gasteiger partial charge in [0, 0.05) is 23.8 Å². The van der Waals surface area contributed by atoms with Crippen LogP contribution in [0.15, 0.2) is 48.5 Å². The van der Waals surface area contributed by atoms with Gasteiger partial charge in [-0.1, -0.05) is 47.2 Å². The van der Waals surface area contributed by atoms with Crippen molar-refractivity contribution >= 4 is 33.9 Å². The van der Waals surface area contributed by atoms with E-state index >= 15 is 0 Å². The minimum atomic E-state index is -0.0620. The Balaban J connectivity index is 1.73. The summed E-state index contributed by atoms with van der Waals surface area (Å²) in [5.41, 5.74) is 7.80. The Kier molecular flexibility index (Phi) is 6.42. The van der Waals surface area contributed by atoms with Crippen molar-refractivity contribution in [2.24, 2.45) is 0 Å². The van der Waals surface area contributed by atoms with E-state index in [9.17, 15) is 4.79 Å². The van der Waals surface area contributed by atoms with Gasteiger partial charge < -0.3 is 10.5 Å². The van der Waals surface area contributed by atoms with Crippen molar-refractivity contribution in [2.45, 2.75) is 25.2 Å². The first-order chi connectivity index (χ1) is 13.0. The number of ether oxygens (including phenoxy) is 1. The normalized spacial score (nSPS) is 11.9. The summed E-state index contributed by atoms with van der Waals surface area (Å²) < 4.78 is 5.20. The molecule has 0 aliphatic heterocycles. The van der Waals surface area contributed by atoms with Crippen molar-refractivity contribution in [1.29, 1.82) is 0 Å². The summed E-state index contributed by atoms with van der Waals surface area (Å²) in [5, 5.41) is 9.93. The van der Waals surface area contributed by atoms with E-state index in [0.29, 0.717) is 29.4 Å². The number of rotatable bonds is 8. The fourth-order valence-corrected chi connectivity index (χ4v) is 3.72. The lowest BCUT2D eigenvalue weighted by molar-refractivity contribution is -0.118. The molecule has 3 aromatic rings. The molecule has 5 nitrogen and oxygen atoms in total. The predicted molar refractivity (Wildman–Crippen MR) is 109 cm³/mol. The molecule has 3 rings (SSSR count). The molecular weight excluding hydrogens is 382 g/mol. The highest BCUT2D eigenvalue weighted by atomic mass is 35.5. The van der Waals surface area contributed by atoms with Crippen LogP contribution in [0.25, 0.3) is 0 Å². The van der Waals surface area contributed by atoms with Crippen LogP contribution >= 0.6 is 22.9 Å². The van der Waals surface area contributed by atoms with Crippen LogP contribution in [0.3, 0.4) is 0 Å². The molecule has 0 spiro atoms. The molecular formula is C20H20ClN3O2S. The highest BCUT2D eigenvalue weighted by molar-refractivity contribution is 7.15. The van der Waals surface area contributed by atoms with Crippen molar-refractivity contribution in [3.63, 3.8) is 0 Å². The summed E-state index contributed by atoms with van der Waals surface area (Å²) >= 11 is 7.24. The first kappa shape index (κ1) is 19.3. The van der Waals surface area contributed by atoms with Crippen LogP contribution in [0, 0.1) is 0 Å². The third kappa shape index (κ3) is 5.52. The van der Waals surface area contributed by atoms with Crippen LogP contribution in [0.5, 0.6) is 5.75 Å². The van der Waals surface area contributed by atoms with E-state index in [0.717, 1.165) is 21.9 Å². The number of carbonyl (C=O) groups excluding carboxylic acids is 1. The highest BCUT2D eigenvalue weighted by Gasteiger charge is 2.21. The summed E-state index contributed by atoms with van der Waals surface area (Å²) in [6.07, 6.45) is 1.43. The monoisotopic (exact) mass is 401 g/mol. The maximum absolute atomic E-state index is 12.7. The van der Waals surface area contributed by atoms with E-state index in [2.05, 4.69) is 10.2 Å². The van der Waals surface area contributed by atoms with Gasteiger partial charge in [-0.25, -0.2) is 0 Å². The second-order valence-electron chi connectivity index (χ2n) is 6.27. The van der Waals surface area contributed by atoms with E-state index in [1.807, 2.05) is 36.4 Å². The number of methoxy groups -OCH3 is 1. The number of ketones is 1. The van der Waals surface area contributed by atoms with Crippen molar-refractivity contribution < 1.29 is 9.53 Å². The number of Topliss-reactive ketones (excluding diaryl/α,β-unsaturated/α-hetero) is 1. The molecule has 0 aliphatic rings. The Bertz CT molecular complexity index is 894. The third-order valence-electron chi connectivity index (χ3n) is 4.24. The number of benzene rings is 2. The van der Waals surface area contributed by atoms with Crippen LogP contribution in [0.4, 0.5) is 5.13 Å². The van der Waals surface area contributed by atoms with Crippen molar-refractivity contribution in [3.8, 4) is 5.75 Å². The van der Waals surface area contributed by atoms with Gasteiger partial charge in [0.2, 0.25) is 5.13 Å². The van der Waals surface area contributed by atoms with Gasteiger partial charge in [-0.3, -0.25) is 4.79 Å². The van der Waals surface area contributed by atoms with E-state index in [-0.39, 0.29) is 11.7 Å². The molecule has 2 aromatic carbocycles. The van der Waals surface area contributed by atoms with Gasteiger partial charge in [0.25, 0.3) is 0 Å². The lowest BCUT2D eigenvalue weighted by Gasteiger charge is -2.14. The summed E-state index contributed by atoms with van der Waals surface area (Å²) in [6.45, 7) is 0. The summed E-state index contributed by atoms with van der Waals surface area (Å²) in [7, 11) is 1.64. The molecule has 0 amide bonds. The summed E-state index contributed by atoms with van der Waals surface area (Å²) in [6, 6.07) is 15.2. The number of aromatic nitrogens is 2. The minimum Gasteiger partial charge on any atom is -0.497 e. The molecule has 1 aromatic heterocycles. The molecule has 2 N–H and O–H groups in total. The third-order valence-corrected chi connectivity index (χ3v) is 5.40. The summed E-state index contributed by atoms with van der Waals surface area (Å²) in [4.78, 5) is 12.7. The largest absolute Gasteiger partial charge is 0.497 e. The highest BCUT2D eigenvalue weighted by Crippen LogP contribution is 2.29. The Morgan fingerprint density at radius 3 is 2.37 bits per heavy atom.